The van der Waals surface area contributed by atoms with Gasteiger partial charge in [-0.2, -0.15) is 0 Å². The van der Waals surface area contributed by atoms with Gasteiger partial charge in [-0.25, -0.2) is 8.42 Å². The number of alkyl halides is 1. The zero-order valence-corrected chi connectivity index (χ0v) is 12.5. The van der Waals surface area contributed by atoms with Crippen LogP contribution in [-0.2, 0) is 19.4 Å². The highest BCUT2D eigenvalue weighted by Gasteiger charge is 2.15. The lowest BCUT2D eigenvalue weighted by molar-refractivity contribution is -0.140. The number of methoxy groups -OCH3 is 1. The van der Waals surface area contributed by atoms with E-state index >= 15 is 0 Å². The molecule has 0 aromatic heterocycles. The molecular formula is C13H15ClO5S. The molecule has 0 aliphatic rings. The van der Waals surface area contributed by atoms with Gasteiger partial charge in [0.2, 0.25) is 0 Å². The summed E-state index contributed by atoms with van der Waals surface area (Å²) in [7, 11) is -2.21. The fourth-order valence-electron chi connectivity index (χ4n) is 1.55. The van der Waals surface area contributed by atoms with Crippen LogP contribution in [0.2, 0.25) is 0 Å². The molecular weight excluding hydrogens is 304 g/mol. The van der Waals surface area contributed by atoms with Crippen LogP contribution in [0.3, 0.4) is 0 Å². The molecule has 110 valence electrons. The van der Waals surface area contributed by atoms with Crippen LogP contribution in [0, 0.1) is 0 Å². The molecule has 1 aromatic rings. The van der Waals surface area contributed by atoms with Crippen LogP contribution in [-0.4, -0.2) is 38.9 Å². The van der Waals surface area contributed by atoms with Gasteiger partial charge in [-0.05, 0) is 18.6 Å². The second-order valence-corrected chi connectivity index (χ2v) is 6.46. The van der Waals surface area contributed by atoms with Crippen molar-refractivity contribution in [1.82, 2.24) is 0 Å². The Morgan fingerprint density at radius 3 is 2.30 bits per heavy atom. The average molecular weight is 319 g/mol. The van der Waals surface area contributed by atoms with E-state index in [1.807, 2.05) is 0 Å². The Morgan fingerprint density at radius 1 is 1.20 bits per heavy atom. The van der Waals surface area contributed by atoms with Crippen molar-refractivity contribution >= 4 is 33.2 Å². The van der Waals surface area contributed by atoms with Crippen LogP contribution < -0.4 is 0 Å². The molecule has 20 heavy (non-hydrogen) atoms. The minimum absolute atomic E-state index is 0.0541. The molecule has 0 N–H and O–H groups in total. The number of benzene rings is 1. The molecule has 0 radical (unpaired) electrons. The molecule has 0 amide bonds. The Bertz CT molecular complexity index is 577. The molecule has 1 aromatic carbocycles. The predicted molar refractivity (Wildman–Crippen MR) is 74.8 cm³/mol. The molecule has 0 saturated carbocycles. The summed E-state index contributed by atoms with van der Waals surface area (Å²) in [5.41, 5.74) is 0.369. The molecule has 0 heterocycles. The van der Waals surface area contributed by atoms with E-state index in [0.29, 0.717) is 5.56 Å². The first kappa shape index (κ1) is 16.7. The van der Waals surface area contributed by atoms with Crippen molar-refractivity contribution in [2.24, 2.45) is 0 Å². The number of ether oxygens (including phenoxy) is 1. The molecule has 0 saturated heterocycles. The van der Waals surface area contributed by atoms with E-state index in [4.69, 9.17) is 11.6 Å². The average Bonchev–Trinajstić information content (AvgIpc) is 2.46. The number of ketones is 1. The standard InChI is InChI=1S/C13H15ClO5S/c1-19-13(16)3-2-8-20(17,18)11-6-4-10(5-7-11)12(15)9-14/h4-7H,2-3,8-9H2,1H3. The first-order valence-corrected chi connectivity index (χ1v) is 8.08. The molecule has 0 bridgehead atoms. The monoisotopic (exact) mass is 318 g/mol. The Hall–Kier alpha value is -1.40. The van der Waals surface area contributed by atoms with Gasteiger partial charge in [0.25, 0.3) is 0 Å². The van der Waals surface area contributed by atoms with Crippen LogP contribution in [0.5, 0.6) is 0 Å². The maximum Gasteiger partial charge on any atom is 0.305 e. The Balaban J connectivity index is 2.73. The van der Waals surface area contributed by atoms with Gasteiger partial charge in [0.05, 0.1) is 23.6 Å². The Labute approximate surface area is 122 Å². The third-order valence-corrected chi connectivity index (χ3v) is 4.74. The smallest absolute Gasteiger partial charge is 0.305 e. The van der Waals surface area contributed by atoms with Crippen molar-refractivity contribution in [3.05, 3.63) is 29.8 Å². The van der Waals surface area contributed by atoms with Gasteiger partial charge in [0, 0.05) is 12.0 Å². The normalized spacial score (nSPS) is 11.1. The van der Waals surface area contributed by atoms with Gasteiger partial charge >= 0.3 is 5.97 Å². The Morgan fingerprint density at radius 2 is 1.80 bits per heavy atom. The molecule has 0 atom stereocenters. The first-order valence-electron chi connectivity index (χ1n) is 5.89. The SMILES string of the molecule is COC(=O)CCCS(=O)(=O)c1ccc(C(=O)CCl)cc1. The third-order valence-electron chi connectivity index (χ3n) is 2.68. The van der Waals surface area contributed by atoms with Gasteiger partial charge in [-0.1, -0.05) is 12.1 Å². The summed E-state index contributed by atoms with van der Waals surface area (Å²) < 4.78 is 28.4. The summed E-state index contributed by atoms with van der Waals surface area (Å²) in [5, 5.41) is 0. The van der Waals surface area contributed by atoms with Crippen LogP contribution >= 0.6 is 11.6 Å². The van der Waals surface area contributed by atoms with Gasteiger partial charge in [0.1, 0.15) is 0 Å². The molecule has 0 aliphatic carbocycles. The second kappa shape index (κ2) is 7.40. The Kier molecular flexibility index (Phi) is 6.16. The second-order valence-electron chi connectivity index (χ2n) is 4.08. The molecule has 0 fully saturated rings. The van der Waals surface area contributed by atoms with Gasteiger partial charge in [0.15, 0.2) is 15.6 Å². The van der Waals surface area contributed by atoms with Gasteiger partial charge in [-0.3, -0.25) is 9.59 Å². The van der Waals surface area contributed by atoms with Crippen molar-refractivity contribution in [2.45, 2.75) is 17.7 Å². The summed E-state index contributed by atoms with van der Waals surface area (Å²) in [4.78, 5) is 22.4. The minimum atomic E-state index is -3.47. The van der Waals surface area contributed by atoms with E-state index in [-0.39, 0.29) is 35.2 Å². The van der Waals surface area contributed by atoms with Crippen molar-refractivity contribution in [2.75, 3.05) is 18.7 Å². The van der Waals surface area contributed by atoms with Crippen LogP contribution in [0.4, 0.5) is 0 Å². The molecule has 1 rings (SSSR count). The minimum Gasteiger partial charge on any atom is -0.469 e. The number of rotatable bonds is 7. The lowest BCUT2D eigenvalue weighted by Gasteiger charge is -2.05. The number of hydrogen-bond acceptors (Lipinski definition) is 5. The fourth-order valence-corrected chi connectivity index (χ4v) is 3.02. The quantitative estimate of drug-likeness (QED) is 0.435. The van der Waals surface area contributed by atoms with Crippen LogP contribution in [0.15, 0.2) is 29.2 Å². The number of carbonyl (C=O) groups excluding carboxylic acids is 2. The van der Waals surface area contributed by atoms with E-state index < -0.39 is 15.8 Å². The summed E-state index contributed by atoms with van der Waals surface area (Å²) in [6.07, 6.45) is 0.246. The van der Waals surface area contributed by atoms with Crippen LogP contribution in [0.25, 0.3) is 0 Å². The summed E-state index contributed by atoms with van der Waals surface area (Å²) in [5.74, 6) is -1.000. The van der Waals surface area contributed by atoms with Gasteiger partial charge in [-0.15, -0.1) is 11.6 Å². The fraction of sp³-hybridized carbons (Fsp3) is 0.385. The van der Waals surface area contributed by atoms with Gasteiger partial charge < -0.3 is 4.74 Å². The largest absolute Gasteiger partial charge is 0.469 e. The molecule has 7 heteroatoms. The number of esters is 1. The highest BCUT2D eigenvalue weighted by atomic mass is 35.5. The van der Waals surface area contributed by atoms with Crippen LogP contribution in [0.1, 0.15) is 23.2 Å². The third kappa shape index (κ3) is 4.61. The zero-order valence-electron chi connectivity index (χ0n) is 11.0. The molecule has 0 aliphatic heterocycles. The van der Waals surface area contributed by atoms with E-state index in [1.165, 1.54) is 31.4 Å². The zero-order chi connectivity index (χ0) is 15.2. The maximum atomic E-state index is 12.0. The highest BCUT2D eigenvalue weighted by Crippen LogP contribution is 2.14. The topological polar surface area (TPSA) is 77.5 Å². The number of hydrogen-bond donors (Lipinski definition) is 0. The van der Waals surface area contributed by atoms with E-state index in [0.717, 1.165) is 0 Å². The number of sulfone groups is 1. The molecule has 5 nitrogen and oxygen atoms in total. The first-order chi connectivity index (χ1) is 9.40. The predicted octanol–water partition coefficient (Wildman–Crippen LogP) is 1.84. The van der Waals surface area contributed by atoms with Crippen molar-refractivity contribution in [3.8, 4) is 0 Å². The summed E-state index contributed by atoms with van der Waals surface area (Å²) >= 11 is 5.42. The summed E-state index contributed by atoms with van der Waals surface area (Å²) in [6.45, 7) is 0. The van der Waals surface area contributed by atoms with E-state index in [2.05, 4.69) is 4.74 Å². The van der Waals surface area contributed by atoms with E-state index in [1.54, 1.807) is 0 Å². The summed E-state index contributed by atoms with van der Waals surface area (Å²) in [6, 6.07) is 5.59. The van der Waals surface area contributed by atoms with Crippen molar-refractivity contribution in [1.29, 1.82) is 0 Å². The lowest BCUT2D eigenvalue weighted by Crippen LogP contribution is -2.10. The lowest BCUT2D eigenvalue weighted by atomic mass is 10.1. The number of halogens is 1. The van der Waals surface area contributed by atoms with Crippen molar-refractivity contribution < 1.29 is 22.7 Å². The number of carbonyl (C=O) groups is 2. The van der Waals surface area contributed by atoms with Crippen molar-refractivity contribution in [3.63, 3.8) is 0 Å². The van der Waals surface area contributed by atoms with E-state index in [9.17, 15) is 18.0 Å². The molecule has 0 spiro atoms. The number of Topliss-reactive ketones (excluding diaryl/α,β-unsaturated/α-hetero) is 1. The molecule has 0 unspecified atom stereocenters. The maximum absolute atomic E-state index is 12.0. The highest BCUT2D eigenvalue weighted by molar-refractivity contribution is 7.91.